The Morgan fingerprint density at radius 3 is 2.62 bits per heavy atom. The molecule has 0 heterocycles. The molecule has 0 aliphatic heterocycles. The van der Waals surface area contributed by atoms with Crippen molar-refractivity contribution in [1.29, 1.82) is 0 Å². The molecule has 0 spiro atoms. The summed E-state index contributed by atoms with van der Waals surface area (Å²) >= 11 is 3.44. The average Bonchev–Trinajstić information content (AvgIpc) is 3.03. The highest BCUT2D eigenvalue weighted by molar-refractivity contribution is 9.10. The summed E-state index contributed by atoms with van der Waals surface area (Å²) in [7, 11) is 1.98. The fourth-order valence-corrected chi connectivity index (χ4v) is 3.38. The van der Waals surface area contributed by atoms with Crippen LogP contribution in [-0.2, 0) is 24.2 Å². The minimum atomic E-state index is -0.193. The first kappa shape index (κ1) is 17.2. The monoisotopic (exact) mass is 386 g/mol. The molecule has 24 heavy (non-hydrogen) atoms. The Morgan fingerprint density at radius 2 is 1.88 bits per heavy atom. The molecule has 1 N–H and O–H groups in total. The lowest BCUT2D eigenvalue weighted by atomic mass is 10.1. The number of halogens is 1. The zero-order valence-electron chi connectivity index (χ0n) is 14.2. The van der Waals surface area contributed by atoms with Crippen molar-refractivity contribution in [3.8, 4) is 0 Å². The molecule has 0 saturated heterocycles. The first-order valence-electron chi connectivity index (χ1n) is 8.40. The Kier molecular flexibility index (Phi) is 5.36. The van der Waals surface area contributed by atoms with E-state index in [1.54, 1.807) is 0 Å². The summed E-state index contributed by atoms with van der Waals surface area (Å²) in [5.41, 5.74) is 4.90. The van der Waals surface area contributed by atoms with Crippen LogP contribution in [0.25, 0.3) is 0 Å². The van der Waals surface area contributed by atoms with Crippen molar-refractivity contribution < 1.29 is 4.79 Å². The van der Waals surface area contributed by atoms with E-state index in [1.165, 1.54) is 23.1 Å². The van der Waals surface area contributed by atoms with Crippen molar-refractivity contribution in [2.24, 2.45) is 0 Å². The fraction of sp³-hybridized carbons (Fsp3) is 0.350. The van der Waals surface area contributed by atoms with Gasteiger partial charge >= 0.3 is 0 Å². The van der Waals surface area contributed by atoms with Crippen LogP contribution in [0.3, 0.4) is 0 Å². The number of likely N-dealkylation sites (N-methyl/N-ethyl adjacent to an activating group) is 1. The number of aryl methyl sites for hydroxylation is 2. The Balaban J connectivity index is 1.60. The summed E-state index contributed by atoms with van der Waals surface area (Å²) in [6, 6.07) is 14.3. The molecule has 0 radical (unpaired) electrons. The predicted octanol–water partition coefficient (Wildman–Crippen LogP) is 4.40. The van der Waals surface area contributed by atoms with Crippen LogP contribution in [0.15, 0.2) is 46.9 Å². The maximum Gasteiger partial charge on any atom is 0.241 e. The van der Waals surface area contributed by atoms with E-state index in [4.69, 9.17) is 0 Å². The van der Waals surface area contributed by atoms with Crippen molar-refractivity contribution in [1.82, 2.24) is 4.90 Å². The Morgan fingerprint density at radius 1 is 1.17 bits per heavy atom. The second kappa shape index (κ2) is 7.49. The van der Waals surface area contributed by atoms with E-state index < -0.39 is 0 Å². The third-order valence-electron chi connectivity index (χ3n) is 4.75. The summed E-state index contributed by atoms with van der Waals surface area (Å²) in [5.74, 6) is 0.0348. The number of rotatable bonds is 5. The number of hydrogen-bond donors (Lipinski definition) is 1. The molecule has 0 saturated carbocycles. The van der Waals surface area contributed by atoms with Crippen LogP contribution < -0.4 is 5.32 Å². The molecule has 1 aliphatic carbocycles. The van der Waals surface area contributed by atoms with Gasteiger partial charge in [-0.05, 0) is 74.2 Å². The van der Waals surface area contributed by atoms with Gasteiger partial charge in [-0.2, -0.15) is 0 Å². The van der Waals surface area contributed by atoms with E-state index in [0.717, 1.165) is 29.5 Å². The fourth-order valence-electron chi connectivity index (χ4n) is 3.11. The number of nitrogens with one attached hydrogen (secondary N) is 1. The summed E-state index contributed by atoms with van der Waals surface area (Å²) < 4.78 is 1.07. The molecule has 1 unspecified atom stereocenters. The minimum Gasteiger partial charge on any atom is -0.325 e. The number of nitrogens with zero attached hydrogens (tertiary/aromatic N) is 1. The number of benzene rings is 2. The highest BCUT2D eigenvalue weighted by Crippen LogP contribution is 2.25. The van der Waals surface area contributed by atoms with Gasteiger partial charge in [0.05, 0.1) is 6.04 Å². The van der Waals surface area contributed by atoms with E-state index in [9.17, 15) is 4.79 Å². The molecule has 4 heteroatoms. The molecule has 0 bridgehead atoms. The Bertz CT molecular complexity index is 727. The van der Waals surface area contributed by atoms with Gasteiger partial charge in [-0.1, -0.05) is 34.1 Å². The maximum atomic E-state index is 12.5. The van der Waals surface area contributed by atoms with Crippen LogP contribution in [0, 0.1) is 0 Å². The van der Waals surface area contributed by atoms with Crippen molar-refractivity contribution in [3.05, 3.63) is 63.6 Å². The molecule has 3 rings (SSSR count). The van der Waals surface area contributed by atoms with E-state index in [1.807, 2.05) is 32.2 Å². The second-order valence-electron chi connectivity index (χ2n) is 6.54. The first-order valence-corrected chi connectivity index (χ1v) is 9.19. The zero-order chi connectivity index (χ0) is 17.1. The lowest BCUT2D eigenvalue weighted by Gasteiger charge is -2.24. The molecule has 1 atom stereocenters. The van der Waals surface area contributed by atoms with Crippen LogP contribution in [-0.4, -0.2) is 23.9 Å². The highest BCUT2D eigenvalue weighted by Gasteiger charge is 2.19. The molecule has 0 fully saturated rings. The van der Waals surface area contributed by atoms with E-state index in [2.05, 4.69) is 50.4 Å². The first-order chi connectivity index (χ1) is 11.5. The Hall–Kier alpha value is -1.65. The quantitative estimate of drug-likeness (QED) is 0.825. The van der Waals surface area contributed by atoms with Crippen LogP contribution in [0.4, 0.5) is 5.69 Å². The average molecular weight is 387 g/mol. The number of carbonyl (C=O) groups excluding carboxylic acids is 1. The van der Waals surface area contributed by atoms with E-state index in [-0.39, 0.29) is 11.9 Å². The topological polar surface area (TPSA) is 32.3 Å². The number of fused-ring (bicyclic) bond motifs is 1. The number of anilines is 1. The standard InChI is InChI=1S/C20H23BrN2O/c1-14(23(2)13-15-6-9-18(21)10-7-15)20(24)22-19-11-8-16-4-3-5-17(16)12-19/h6-12,14H,3-5,13H2,1-2H3,(H,22,24). The predicted molar refractivity (Wildman–Crippen MR) is 102 cm³/mol. The largest absolute Gasteiger partial charge is 0.325 e. The van der Waals surface area contributed by atoms with E-state index >= 15 is 0 Å². The van der Waals surface area contributed by atoms with Gasteiger partial charge in [0.2, 0.25) is 5.91 Å². The molecule has 0 aromatic heterocycles. The lowest BCUT2D eigenvalue weighted by Crippen LogP contribution is -2.39. The smallest absolute Gasteiger partial charge is 0.241 e. The van der Waals surface area contributed by atoms with Crippen LogP contribution in [0.1, 0.15) is 30.0 Å². The molecule has 2 aromatic rings. The van der Waals surface area contributed by atoms with Gasteiger partial charge in [0.15, 0.2) is 0 Å². The molecule has 1 aliphatic rings. The van der Waals surface area contributed by atoms with Gasteiger partial charge < -0.3 is 5.32 Å². The van der Waals surface area contributed by atoms with Crippen LogP contribution in [0.5, 0.6) is 0 Å². The number of amides is 1. The highest BCUT2D eigenvalue weighted by atomic mass is 79.9. The SMILES string of the molecule is CC(C(=O)Nc1ccc2c(c1)CCC2)N(C)Cc1ccc(Br)cc1. The lowest BCUT2D eigenvalue weighted by molar-refractivity contribution is -0.120. The number of hydrogen-bond acceptors (Lipinski definition) is 2. The normalized spacial score (nSPS) is 14.5. The molecule has 3 nitrogen and oxygen atoms in total. The minimum absolute atomic E-state index is 0.0348. The molecule has 2 aromatic carbocycles. The summed E-state index contributed by atoms with van der Waals surface area (Å²) in [6.45, 7) is 2.69. The summed E-state index contributed by atoms with van der Waals surface area (Å²) in [5, 5.41) is 3.06. The van der Waals surface area contributed by atoms with Crippen molar-refractivity contribution in [2.45, 2.75) is 38.8 Å². The van der Waals surface area contributed by atoms with Gasteiger partial charge in [0.25, 0.3) is 0 Å². The van der Waals surface area contributed by atoms with Crippen molar-refractivity contribution in [3.63, 3.8) is 0 Å². The van der Waals surface area contributed by atoms with Crippen LogP contribution in [0.2, 0.25) is 0 Å². The van der Waals surface area contributed by atoms with Gasteiger partial charge in [-0.3, -0.25) is 9.69 Å². The van der Waals surface area contributed by atoms with Crippen molar-refractivity contribution in [2.75, 3.05) is 12.4 Å². The van der Waals surface area contributed by atoms with Crippen molar-refractivity contribution >= 4 is 27.5 Å². The number of carbonyl (C=O) groups is 1. The maximum absolute atomic E-state index is 12.5. The summed E-state index contributed by atoms with van der Waals surface area (Å²) in [4.78, 5) is 14.6. The van der Waals surface area contributed by atoms with Crippen LogP contribution >= 0.6 is 15.9 Å². The second-order valence-corrected chi connectivity index (χ2v) is 7.46. The van der Waals surface area contributed by atoms with Gasteiger partial charge in [-0.15, -0.1) is 0 Å². The molecule has 126 valence electrons. The van der Waals surface area contributed by atoms with Gasteiger partial charge in [-0.25, -0.2) is 0 Å². The third kappa shape index (κ3) is 4.05. The summed E-state index contributed by atoms with van der Waals surface area (Å²) in [6.07, 6.45) is 3.51. The van der Waals surface area contributed by atoms with E-state index in [0.29, 0.717) is 0 Å². The van der Waals surface area contributed by atoms with Gasteiger partial charge in [0, 0.05) is 16.7 Å². The third-order valence-corrected chi connectivity index (χ3v) is 5.28. The molecule has 1 amide bonds. The molecular weight excluding hydrogens is 364 g/mol. The Labute approximate surface area is 152 Å². The zero-order valence-corrected chi connectivity index (χ0v) is 15.8. The van der Waals surface area contributed by atoms with Gasteiger partial charge in [0.1, 0.15) is 0 Å². The molecular formula is C20H23BrN2O.